The predicted octanol–water partition coefficient (Wildman–Crippen LogP) is 1.57. The highest BCUT2D eigenvalue weighted by molar-refractivity contribution is 7.87. The van der Waals surface area contributed by atoms with Gasteiger partial charge in [-0.1, -0.05) is 13.8 Å². The van der Waals surface area contributed by atoms with Gasteiger partial charge in [0.1, 0.15) is 0 Å². The summed E-state index contributed by atoms with van der Waals surface area (Å²) in [6.07, 6.45) is 2.60. The molecule has 1 aliphatic rings. The predicted molar refractivity (Wildman–Crippen MR) is 66.8 cm³/mol. The van der Waals surface area contributed by atoms with Gasteiger partial charge in [0.25, 0.3) is 10.2 Å². The van der Waals surface area contributed by atoms with Gasteiger partial charge >= 0.3 is 0 Å². The van der Waals surface area contributed by atoms with Crippen molar-refractivity contribution in [3.05, 3.63) is 0 Å². The Kier molecular flexibility index (Phi) is 5.50. The monoisotopic (exact) mass is 268 g/mol. The van der Waals surface area contributed by atoms with Gasteiger partial charge in [-0.3, -0.25) is 0 Å². The van der Waals surface area contributed by atoms with Crippen LogP contribution in [-0.2, 0) is 10.2 Å². The van der Waals surface area contributed by atoms with E-state index in [4.69, 9.17) is 11.6 Å². The van der Waals surface area contributed by atoms with Gasteiger partial charge in [0.15, 0.2) is 0 Å². The average Bonchev–Trinajstić information content (AvgIpc) is 2.26. The maximum atomic E-state index is 12.0. The molecule has 0 aromatic heterocycles. The Hall–Kier alpha value is 0.160. The van der Waals surface area contributed by atoms with E-state index in [1.165, 1.54) is 4.31 Å². The van der Waals surface area contributed by atoms with Crippen molar-refractivity contribution < 1.29 is 8.42 Å². The molecule has 1 fully saturated rings. The van der Waals surface area contributed by atoms with Crippen LogP contribution in [0.15, 0.2) is 0 Å². The molecule has 1 rings (SSSR count). The summed E-state index contributed by atoms with van der Waals surface area (Å²) in [6.45, 7) is 5.32. The van der Waals surface area contributed by atoms with Gasteiger partial charge in [0, 0.05) is 25.0 Å². The SMILES string of the molecule is CCC(CCl)NS(=O)(=O)N1CCC(C)CC1. The van der Waals surface area contributed by atoms with Crippen LogP contribution >= 0.6 is 11.6 Å². The summed E-state index contributed by atoms with van der Waals surface area (Å²) in [4.78, 5) is 0. The van der Waals surface area contributed by atoms with Gasteiger partial charge < -0.3 is 0 Å². The number of piperidine rings is 1. The van der Waals surface area contributed by atoms with E-state index in [0.717, 1.165) is 12.8 Å². The van der Waals surface area contributed by atoms with E-state index in [2.05, 4.69) is 11.6 Å². The quantitative estimate of drug-likeness (QED) is 0.770. The number of rotatable bonds is 5. The lowest BCUT2D eigenvalue weighted by molar-refractivity contribution is 0.283. The molecule has 0 aromatic rings. The number of halogens is 1. The standard InChI is InChI=1S/C10H21ClN2O2S/c1-3-10(8-11)12-16(14,15)13-6-4-9(2)5-7-13/h9-10,12H,3-8H2,1-2H3. The fraction of sp³-hybridized carbons (Fsp3) is 1.00. The molecule has 96 valence electrons. The van der Waals surface area contributed by atoms with Crippen molar-refractivity contribution >= 4 is 21.8 Å². The second-order valence-electron chi connectivity index (χ2n) is 4.46. The highest BCUT2D eigenvalue weighted by Crippen LogP contribution is 2.18. The number of alkyl halides is 1. The molecule has 0 saturated carbocycles. The van der Waals surface area contributed by atoms with Gasteiger partial charge in [-0.25, -0.2) is 0 Å². The normalized spacial score (nSPS) is 22.2. The highest BCUT2D eigenvalue weighted by atomic mass is 35.5. The third-order valence-corrected chi connectivity index (χ3v) is 5.13. The second-order valence-corrected chi connectivity index (χ2v) is 6.47. The Morgan fingerprint density at radius 3 is 2.44 bits per heavy atom. The fourth-order valence-corrected chi connectivity index (χ4v) is 3.63. The first-order valence-electron chi connectivity index (χ1n) is 5.83. The molecule has 0 bridgehead atoms. The zero-order chi connectivity index (χ0) is 12.2. The van der Waals surface area contributed by atoms with Gasteiger partial charge in [0.2, 0.25) is 0 Å². The minimum atomic E-state index is -3.33. The first-order valence-corrected chi connectivity index (χ1v) is 7.80. The maximum Gasteiger partial charge on any atom is 0.279 e. The Labute approximate surface area is 104 Å². The number of hydrogen-bond acceptors (Lipinski definition) is 2. The topological polar surface area (TPSA) is 49.4 Å². The zero-order valence-electron chi connectivity index (χ0n) is 9.95. The van der Waals surface area contributed by atoms with Crippen molar-refractivity contribution in [3.63, 3.8) is 0 Å². The van der Waals surface area contributed by atoms with Crippen LogP contribution in [0.3, 0.4) is 0 Å². The summed E-state index contributed by atoms with van der Waals surface area (Å²) in [6, 6.07) is -0.161. The van der Waals surface area contributed by atoms with Crippen molar-refractivity contribution in [3.8, 4) is 0 Å². The van der Waals surface area contributed by atoms with E-state index in [1.807, 2.05) is 6.92 Å². The van der Waals surface area contributed by atoms with Gasteiger partial charge in [-0.15, -0.1) is 11.6 Å². The molecular weight excluding hydrogens is 248 g/mol. The van der Waals surface area contributed by atoms with Crippen LogP contribution < -0.4 is 4.72 Å². The number of nitrogens with zero attached hydrogens (tertiary/aromatic N) is 1. The first-order chi connectivity index (χ1) is 7.49. The maximum absolute atomic E-state index is 12.0. The molecule has 1 N–H and O–H groups in total. The molecule has 0 radical (unpaired) electrons. The van der Waals surface area contributed by atoms with E-state index in [1.54, 1.807) is 0 Å². The van der Waals surface area contributed by atoms with Gasteiger partial charge in [0.05, 0.1) is 0 Å². The summed E-state index contributed by atoms with van der Waals surface area (Å²) < 4.78 is 28.1. The van der Waals surface area contributed by atoms with E-state index in [-0.39, 0.29) is 6.04 Å². The second kappa shape index (κ2) is 6.19. The molecule has 4 nitrogen and oxygen atoms in total. The summed E-state index contributed by atoms with van der Waals surface area (Å²) in [5, 5.41) is 0. The van der Waals surface area contributed by atoms with Crippen LogP contribution in [0.5, 0.6) is 0 Å². The van der Waals surface area contributed by atoms with Crippen LogP contribution in [0, 0.1) is 5.92 Å². The third-order valence-electron chi connectivity index (χ3n) is 3.08. The smallest absolute Gasteiger partial charge is 0.198 e. The number of hydrogen-bond donors (Lipinski definition) is 1. The molecule has 1 saturated heterocycles. The summed E-state index contributed by atoms with van der Waals surface area (Å²) in [5.74, 6) is 0.946. The molecule has 0 spiro atoms. The molecule has 1 atom stereocenters. The molecule has 0 aliphatic carbocycles. The van der Waals surface area contributed by atoms with Crippen molar-refractivity contribution in [2.75, 3.05) is 19.0 Å². The van der Waals surface area contributed by atoms with E-state index in [0.29, 0.717) is 31.3 Å². The summed E-state index contributed by atoms with van der Waals surface area (Å²) in [7, 11) is -3.33. The van der Waals surface area contributed by atoms with Crippen molar-refractivity contribution in [2.24, 2.45) is 5.92 Å². The fourth-order valence-electron chi connectivity index (χ4n) is 1.73. The molecule has 1 aliphatic heterocycles. The van der Waals surface area contributed by atoms with E-state index >= 15 is 0 Å². The molecule has 6 heteroatoms. The van der Waals surface area contributed by atoms with Gasteiger partial charge in [-0.05, 0) is 25.2 Å². The lowest BCUT2D eigenvalue weighted by atomic mass is 10.0. The van der Waals surface area contributed by atoms with Crippen LogP contribution in [-0.4, -0.2) is 37.7 Å². The Bertz CT molecular complexity index is 296. The van der Waals surface area contributed by atoms with Gasteiger partial charge in [-0.2, -0.15) is 17.4 Å². The number of nitrogens with one attached hydrogen (secondary N) is 1. The van der Waals surface area contributed by atoms with Crippen LogP contribution in [0.25, 0.3) is 0 Å². The highest BCUT2D eigenvalue weighted by Gasteiger charge is 2.27. The molecule has 16 heavy (non-hydrogen) atoms. The van der Waals surface area contributed by atoms with E-state index < -0.39 is 10.2 Å². The minimum absolute atomic E-state index is 0.161. The van der Waals surface area contributed by atoms with E-state index in [9.17, 15) is 8.42 Å². The van der Waals surface area contributed by atoms with Crippen LogP contribution in [0.4, 0.5) is 0 Å². The third kappa shape index (κ3) is 3.87. The first kappa shape index (κ1) is 14.2. The summed E-state index contributed by atoms with van der Waals surface area (Å²) >= 11 is 5.69. The molecule has 0 amide bonds. The van der Waals surface area contributed by atoms with Crippen LogP contribution in [0.2, 0.25) is 0 Å². The average molecular weight is 269 g/mol. The largest absolute Gasteiger partial charge is 0.279 e. The minimum Gasteiger partial charge on any atom is -0.198 e. The zero-order valence-corrected chi connectivity index (χ0v) is 11.5. The Balaban J connectivity index is 2.56. The lowest BCUT2D eigenvalue weighted by Gasteiger charge is -2.30. The molecule has 1 heterocycles. The van der Waals surface area contributed by atoms with Crippen molar-refractivity contribution in [2.45, 2.75) is 39.2 Å². The lowest BCUT2D eigenvalue weighted by Crippen LogP contribution is -2.48. The summed E-state index contributed by atoms with van der Waals surface area (Å²) in [5.41, 5.74) is 0. The molecular formula is C10H21ClN2O2S. The van der Waals surface area contributed by atoms with Crippen LogP contribution in [0.1, 0.15) is 33.1 Å². The van der Waals surface area contributed by atoms with Crippen molar-refractivity contribution in [1.29, 1.82) is 0 Å². The van der Waals surface area contributed by atoms with Crippen molar-refractivity contribution in [1.82, 2.24) is 9.03 Å². The Morgan fingerprint density at radius 2 is 2.00 bits per heavy atom. The molecule has 1 unspecified atom stereocenters. The molecule has 0 aromatic carbocycles. The Morgan fingerprint density at radius 1 is 1.44 bits per heavy atom.